The lowest BCUT2D eigenvalue weighted by Crippen LogP contribution is -2.60. The van der Waals surface area contributed by atoms with Crippen molar-refractivity contribution < 1.29 is 48.1 Å². The van der Waals surface area contributed by atoms with Crippen molar-refractivity contribution in [3.63, 3.8) is 0 Å². The molecule has 1 saturated heterocycles. The lowest BCUT2D eigenvalue weighted by atomic mass is 9.87. The van der Waals surface area contributed by atoms with Crippen LogP contribution in [0.5, 0.6) is 0 Å². The Kier molecular flexibility index (Phi) is 17.2. The summed E-state index contributed by atoms with van der Waals surface area (Å²) < 4.78 is 16.9. The number of ether oxygens (including phenoxy) is 3. The van der Waals surface area contributed by atoms with E-state index < -0.39 is 52.5 Å². The van der Waals surface area contributed by atoms with Gasteiger partial charge in [0.05, 0.1) is 25.8 Å². The number of urea groups is 1. The summed E-state index contributed by atoms with van der Waals surface area (Å²) in [5.41, 5.74) is 0.701. The molecule has 1 aromatic heterocycles. The maximum absolute atomic E-state index is 14.3. The second-order valence-corrected chi connectivity index (χ2v) is 15.1. The molecule has 17 nitrogen and oxygen atoms in total. The fourth-order valence-electron chi connectivity index (χ4n) is 6.73. The molecule has 1 fully saturated rings. The number of hydrogen-bond donors (Lipinski definition) is 3. The molecule has 0 aliphatic carbocycles. The molecule has 0 bridgehead atoms. The third-order valence-corrected chi connectivity index (χ3v) is 9.43. The van der Waals surface area contributed by atoms with Gasteiger partial charge in [0.2, 0.25) is 11.8 Å². The number of aromatic nitrogens is 1. The Balaban J connectivity index is 1.91. The standard InChI is InChI=1S/C38H58N6O11/c1-8-9-16-29(35(47)54-20-18-53-19-21-55-44(50)51)39-33(45)30(22-27-24-42(37(49)52-7)32-17-11-10-15-28(27)32)40-34(46)31(23-38(4,5)6)41-36(48)43-25(2)13-12-14-26(43)3/h10-11,15,17,24-26,29-31H,8-9,12-14,16,18-23H2,1-7H3,(H,39,45)(H,40,46)(H,41,48)/t25?,26?,29-,30?,31?/m1/s1. The van der Waals surface area contributed by atoms with Gasteiger partial charge >= 0.3 is 18.1 Å². The Morgan fingerprint density at radius 3 is 2.20 bits per heavy atom. The molecule has 4 amide bonds. The molecule has 17 heteroatoms. The molecule has 3 N–H and O–H groups in total. The number of piperidine rings is 1. The number of esters is 1. The van der Waals surface area contributed by atoms with Crippen LogP contribution in [0, 0.1) is 15.5 Å². The fraction of sp³-hybridized carbons (Fsp3) is 0.658. The van der Waals surface area contributed by atoms with Crippen LogP contribution in [0.3, 0.4) is 0 Å². The number of hydrogen-bond acceptors (Lipinski definition) is 11. The second-order valence-electron chi connectivity index (χ2n) is 15.1. The van der Waals surface area contributed by atoms with Crippen molar-refractivity contribution in [1.82, 2.24) is 25.4 Å². The van der Waals surface area contributed by atoms with E-state index in [1.807, 2.05) is 41.5 Å². The van der Waals surface area contributed by atoms with Crippen molar-refractivity contribution in [1.29, 1.82) is 0 Å². The molecule has 0 saturated carbocycles. The van der Waals surface area contributed by atoms with Gasteiger partial charge in [0.15, 0.2) is 0 Å². The minimum Gasteiger partial charge on any atom is -0.462 e. The molecular formula is C38H58N6O11. The topological polar surface area (TPSA) is 210 Å². The quantitative estimate of drug-likeness (QED) is 0.0783. The smallest absolute Gasteiger partial charge is 0.418 e. The summed E-state index contributed by atoms with van der Waals surface area (Å²) >= 11 is 0. The van der Waals surface area contributed by atoms with Crippen molar-refractivity contribution in [3.05, 3.63) is 46.1 Å². The molecule has 0 radical (unpaired) electrons. The highest BCUT2D eigenvalue weighted by molar-refractivity contribution is 5.95. The number of methoxy groups -OCH3 is 1. The molecule has 1 aliphatic rings. The van der Waals surface area contributed by atoms with E-state index >= 15 is 0 Å². The van der Waals surface area contributed by atoms with Crippen LogP contribution in [-0.4, -0.2) is 108 Å². The summed E-state index contributed by atoms with van der Waals surface area (Å²) in [5, 5.41) is 18.6. The molecule has 1 aliphatic heterocycles. The molecule has 2 aromatic rings. The van der Waals surface area contributed by atoms with Crippen LogP contribution in [-0.2, 0) is 39.9 Å². The number of benzene rings is 1. The van der Waals surface area contributed by atoms with Gasteiger partial charge < -0.3 is 39.9 Å². The number of likely N-dealkylation sites (tertiary alicyclic amines) is 1. The maximum Gasteiger partial charge on any atom is 0.418 e. The van der Waals surface area contributed by atoms with E-state index in [0.29, 0.717) is 22.9 Å². The van der Waals surface area contributed by atoms with Crippen molar-refractivity contribution in [3.8, 4) is 0 Å². The highest BCUT2D eigenvalue weighted by Crippen LogP contribution is 2.26. The van der Waals surface area contributed by atoms with Gasteiger partial charge in [-0.15, -0.1) is 10.1 Å². The van der Waals surface area contributed by atoms with E-state index in [0.717, 1.165) is 25.7 Å². The monoisotopic (exact) mass is 774 g/mol. The van der Waals surface area contributed by atoms with Crippen LogP contribution < -0.4 is 16.0 Å². The lowest BCUT2D eigenvalue weighted by molar-refractivity contribution is -0.758. The number of nitrogens with zero attached hydrogens (tertiary/aromatic N) is 3. The van der Waals surface area contributed by atoms with Gasteiger partial charge in [0.25, 0.3) is 5.09 Å². The van der Waals surface area contributed by atoms with Crippen molar-refractivity contribution in [2.24, 2.45) is 5.41 Å². The van der Waals surface area contributed by atoms with Crippen LogP contribution in [0.2, 0.25) is 0 Å². The van der Waals surface area contributed by atoms with E-state index in [-0.39, 0.29) is 63.8 Å². The Labute approximate surface area is 322 Å². The number of rotatable bonds is 19. The summed E-state index contributed by atoms with van der Waals surface area (Å²) in [5.74, 6) is -1.97. The Morgan fingerprint density at radius 2 is 1.56 bits per heavy atom. The fourth-order valence-corrected chi connectivity index (χ4v) is 6.73. The highest BCUT2D eigenvalue weighted by atomic mass is 17.0. The van der Waals surface area contributed by atoms with E-state index in [2.05, 4.69) is 20.8 Å². The lowest BCUT2D eigenvalue weighted by Gasteiger charge is -2.40. The molecule has 2 heterocycles. The first-order valence-electron chi connectivity index (χ1n) is 18.9. The average Bonchev–Trinajstić information content (AvgIpc) is 3.49. The third kappa shape index (κ3) is 13.7. The zero-order chi connectivity index (χ0) is 40.7. The molecule has 3 rings (SSSR count). The predicted octanol–water partition coefficient (Wildman–Crippen LogP) is 4.50. The van der Waals surface area contributed by atoms with E-state index in [4.69, 9.17) is 14.2 Å². The summed E-state index contributed by atoms with van der Waals surface area (Å²) in [6.45, 7) is 11.2. The van der Waals surface area contributed by atoms with Gasteiger partial charge in [-0.25, -0.2) is 14.4 Å². The van der Waals surface area contributed by atoms with Crippen molar-refractivity contribution in [2.45, 2.75) is 123 Å². The van der Waals surface area contributed by atoms with Crippen molar-refractivity contribution in [2.75, 3.05) is 33.5 Å². The number of carbonyl (C=O) groups excluding carboxylic acids is 5. The molecule has 1 aromatic carbocycles. The summed E-state index contributed by atoms with van der Waals surface area (Å²) in [7, 11) is 1.26. The second kappa shape index (κ2) is 21.2. The first kappa shape index (κ1) is 44.5. The molecule has 5 atom stereocenters. The summed E-state index contributed by atoms with van der Waals surface area (Å²) in [6.07, 6.45) is 5.34. The highest BCUT2D eigenvalue weighted by Gasteiger charge is 2.36. The van der Waals surface area contributed by atoms with Gasteiger partial charge in [-0.1, -0.05) is 58.7 Å². The van der Waals surface area contributed by atoms with Gasteiger partial charge in [-0.2, -0.15) is 0 Å². The normalized spacial score (nSPS) is 17.4. The van der Waals surface area contributed by atoms with Crippen LogP contribution >= 0.6 is 0 Å². The Hall–Kier alpha value is -4.93. The molecule has 4 unspecified atom stereocenters. The molecular weight excluding hydrogens is 716 g/mol. The molecule has 55 heavy (non-hydrogen) atoms. The zero-order valence-corrected chi connectivity index (χ0v) is 33.1. The summed E-state index contributed by atoms with van der Waals surface area (Å²) in [4.78, 5) is 84.4. The van der Waals surface area contributed by atoms with Gasteiger partial charge in [0.1, 0.15) is 31.3 Å². The Bertz CT molecular complexity index is 1610. The van der Waals surface area contributed by atoms with Crippen LogP contribution in [0.15, 0.2) is 30.5 Å². The van der Waals surface area contributed by atoms with Gasteiger partial charge in [0, 0.05) is 30.1 Å². The number of amides is 4. The largest absolute Gasteiger partial charge is 0.462 e. The third-order valence-electron chi connectivity index (χ3n) is 9.43. The van der Waals surface area contributed by atoms with Crippen LogP contribution in [0.25, 0.3) is 10.9 Å². The summed E-state index contributed by atoms with van der Waals surface area (Å²) in [6, 6.07) is 3.36. The number of nitrogens with one attached hydrogen (secondary N) is 3. The van der Waals surface area contributed by atoms with E-state index in [9.17, 15) is 34.1 Å². The van der Waals surface area contributed by atoms with Gasteiger partial charge in [-0.05, 0) is 63.0 Å². The Morgan fingerprint density at radius 1 is 0.927 bits per heavy atom. The first-order chi connectivity index (χ1) is 26.1. The number of unbranched alkanes of at least 4 members (excludes halogenated alkanes) is 1. The van der Waals surface area contributed by atoms with E-state index in [1.165, 1.54) is 11.7 Å². The SMILES string of the molecule is CCCC[C@@H](NC(=O)C(Cc1cn(C(=O)OC)c2ccccc12)NC(=O)C(CC(C)(C)C)NC(=O)N1C(C)CCCC1C)C(=O)OCCOCCO[N+](=O)[O-]. The number of fused-ring (bicyclic) bond motifs is 1. The first-order valence-corrected chi connectivity index (χ1v) is 18.9. The molecule has 0 spiro atoms. The zero-order valence-electron chi connectivity index (χ0n) is 33.1. The van der Waals surface area contributed by atoms with E-state index in [1.54, 1.807) is 35.4 Å². The van der Waals surface area contributed by atoms with Gasteiger partial charge in [-0.3, -0.25) is 14.2 Å². The number of para-hydroxylation sites is 1. The van der Waals surface area contributed by atoms with Crippen LogP contribution in [0.1, 0.15) is 92.1 Å². The van der Waals surface area contributed by atoms with Crippen LogP contribution in [0.4, 0.5) is 9.59 Å². The van der Waals surface area contributed by atoms with Crippen molar-refractivity contribution >= 4 is 40.8 Å². The maximum atomic E-state index is 14.3. The minimum atomic E-state index is -1.25. The molecule has 306 valence electrons. The number of carbonyl (C=O) groups is 5. The minimum absolute atomic E-state index is 0.0123. The predicted molar refractivity (Wildman–Crippen MR) is 203 cm³/mol. The average molecular weight is 775 g/mol.